The van der Waals surface area contributed by atoms with Gasteiger partial charge in [0.1, 0.15) is 4.99 Å². The SMILES string of the molecule is NC(=S)c1cccc(CS(=O)(=O)N2CCNC(=O)C2)c1. The molecule has 1 fully saturated rings. The summed E-state index contributed by atoms with van der Waals surface area (Å²) in [5.41, 5.74) is 6.75. The van der Waals surface area contributed by atoms with Crippen LogP contribution in [0, 0.1) is 0 Å². The zero-order chi connectivity index (χ0) is 14.8. The van der Waals surface area contributed by atoms with Crippen LogP contribution < -0.4 is 11.1 Å². The van der Waals surface area contributed by atoms with Gasteiger partial charge in [-0.3, -0.25) is 4.79 Å². The number of amides is 1. The molecule has 1 aliphatic heterocycles. The van der Waals surface area contributed by atoms with E-state index in [0.29, 0.717) is 24.2 Å². The molecule has 2 rings (SSSR count). The molecule has 1 heterocycles. The predicted molar refractivity (Wildman–Crippen MR) is 79.5 cm³/mol. The van der Waals surface area contributed by atoms with Gasteiger partial charge in [-0.1, -0.05) is 30.4 Å². The zero-order valence-corrected chi connectivity index (χ0v) is 12.3. The highest BCUT2D eigenvalue weighted by atomic mass is 32.2. The van der Waals surface area contributed by atoms with Crippen molar-refractivity contribution in [2.75, 3.05) is 19.6 Å². The molecule has 108 valence electrons. The molecule has 3 N–H and O–H groups in total. The summed E-state index contributed by atoms with van der Waals surface area (Å²) in [5.74, 6) is -0.451. The first-order chi connectivity index (χ1) is 9.38. The number of nitrogens with one attached hydrogen (secondary N) is 1. The van der Waals surface area contributed by atoms with Gasteiger partial charge in [0.15, 0.2) is 0 Å². The summed E-state index contributed by atoms with van der Waals surface area (Å²) in [6, 6.07) is 6.79. The predicted octanol–water partition coefficient (Wildman–Crippen LogP) is -0.418. The van der Waals surface area contributed by atoms with Crippen LogP contribution in [0.25, 0.3) is 0 Å². The Balaban J connectivity index is 2.17. The third-order valence-electron chi connectivity index (χ3n) is 2.96. The number of benzene rings is 1. The second kappa shape index (κ2) is 5.86. The summed E-state index contributed by atoms with van der Waals surface area (Å²) in [4.78, 5) is 11.5. The van der Waals surface area contributed by atoms with Crippen LogP contribution in [0.4, 0.5) is 0 Å². The third kappa shape index (κ3) is 3.53. The van der Waals surface area contributed by atoms with Gasteiger partial charge < -0.3 is 11.1 Å². The third-order valence-corrected chi connectivity index (χ3v) is 4.99. The van der Waals surface area contributed by atoms with E-state index in [1.54, 1.807) is 24.3 Å². The molecule has 8 heteroatoms. The fourth-order valence-corrected chi connectivity index (χ4v) is 3.56. The second-order valence-corrected chi connectivity index (χ2v) is 6.91. The molecule has 1 aromatic rings. The molecule has 0 saturated carbocycles. The minimum atomic E-state index is -3.52. The van der Waals surface area contributed by atoms with Crippen LogP contribution in [0.1, 0.15) is 11.1 Å². The zero-order valence-electron chi connectivity index (χ0n) is 10.7. The maximum Gasteiger partial charge on any atom is 0.235 e. The maximum atomic E-state index is 12.3. The van der Waals surface area contributed by atoms with Crippen molar-refractivity contribution in [1.29, 1.82) is 0 Å². The van der Waals surface area contributed by atoms with Gasteiger partial charge >= 0.3 is 0 Å². The van der Waals surface area contributed by atoms with Crippen molar-refractivity contribution >= 4 is 33.1 Å². The number of piperazine rings is 1. The van der Waals surface area contributed by atoms with Gasteiger partial charge in [-0.15, -0.1) is 0 Å². The molecular weight excluding hydrogens is 298 g/mol. The largest absolute Gasteiger partial charge is 0.389 e. The first kappa shape index (κ1) is 14.9. The van der Waals surface area contributed by atoms with Crippen LogP contribution in [-0.2, 0) is 20.6 Å². The van der Waals surface area contributed by atoms with Gasteiger partial charge in [-0.05, 0) is 11.6 Å². The Morgan fingerprint density at radius 2 is 2.20 bits per heavy atom. The molecule has 0 atom stereocenters. The fraction of sp³-hybridized carbons (Fsp3) is 0.333. The smallest absolute Gasteiger partial charge is 0.235 e. The molecule has 1 aliphatic rings. The number of thiocarbonyl (C=S) groups is 1. The van der Waals surface area contributed by atoms with Crippen molar-refractivity contribution in [3.63, 3.8) is 0 Å². The Morgan fingerprint density at radius 1 is 1.45 bits per heavy atom. The van der Waals surface area contributed by atoms with Gasteiger partial charge in [0.05, 0.1) is 12.3 Å². The Kier molecular flexibility index (Phi) is 4.36. The molecule has 20 heavy (non-hydrogen) atoms. The number of carbonyl (C=O) groups excluding carboxylic acids is 1. The quantitative estimate of drug-likeness (QED) is 0.737. The summed E-state index contributed by atoms with van der Waals surface area (Å²) in [6.07, 6.45) is 0. The lowest BCUT2D eigenvalue weighted by molar-refractivity contribution is -0.122. The molecule has 1 aromatic carbocycles. The van der Waals surface area contributed by atoms with Crippen LogP contribution >= 0.6 is 12.2 Å². The lowest BCUT2D eigenvalue weighted by Crippen LogP contribution is -2.50. The Labute approximate surface area is 123 Å². The molecule has 0 aromatic heterocycles. The molecular formula is C12H15N3O3S2. The molecule has 0 radical (unpaired) electrons. The highest BCUT2D eigenvalue weighted by Gasteiger charge is 2.27. The fourth-order valence-electron chi connectivity index (χ4n) is 1.97. The van der Waals surface area contributed by atoms with E-state index >= 15 is 0 Å². The summed E-state index contributed by atoms with van der Waals surface area (Å²) in [7, 11) is -3.52. The number of sulfonamides is 1. The molecule has 1 saturated heterocycles. The number of hydrogen-bond acceptors (Lipinski definition) is 4. The van der Waals surface area contributed by atoms with Gasteiger partial charge in [-0.25, -0.2) is 8.42 Å². The minimum Gasteiger partial charge on any atom is -0.389 e. The van der Waals surface area contributed by atoms with Gasteiger partial charge in [0, 0.05) is 18.7 Å². The first-order valence-corrected chi connectivity index (χ1v) is 8.03. The number of hydrogen-bond donors (Lipinski definition) is 2. The second-order valence-electron chi connectivity index (χ2n) is 4.50. The molecule has 6 nitrogen and oxygen atoms in total. The number of nitrogens with two attached hydrogens (primary N) is 1. The summed E-state index contributed by atoms with van der Waals surface area (Å²) < 4.78 is 25.7. The van der Waals surface area contributed by atoms with Crippen LogP contribution in [-0.4, -0.2) is 43.3 Å². The topological polar surface area (TPSA) is 92.5 Å². The molecule has 0 unspecified atom stereocenters. The van der Waals surface area contributed by atoms with Gasteiger partial charge in [-0.2, -0.15) is 4.31 Å². The summed E-state index contributed by atoms with van der Waals surface area (Å²) in [6.45, 7) is 0.505. The highest BCUT2D eigenvalue weighted by Crippen LogP contribution is 2.13. The monoisotopic (exact) mass is 313 g/mol. The number of carbonyl (C=O) groups is 1. The van der Waals surface area contributed by atoms with Gasteiger partial charge in [0.2, 0.25) is 15.9 Å². The number of nitrogens with zero attached hydrogens (tertiary/aromatic N) is 1. The Hall–Kier alpha value is -1.51. The lowest BCUT2D eigenvalue weighted by Gasteiger charge is -2.25. The van der Waals surface area contributed by atoms with E-state index in [9.17, 15) is 13.2 Å². The highest BCUT2D eigenvalue weighted by molar-refractivity contribution is 7.88. The minimum absolute atomic E-state index is 0.128. The average molecular weight is 313 g/mol. The van der Waals surface area contributed by atoms with Gasteiger partial charge in [0.25, 0.3) is 0 Å². The van der Waals surface area contributed by atoms with Crippen molar-refractivity contribution in [3.05, 3.63) is 35.4 Å². The van der Waals surface area contributed by atoms with Crippen molar-refractivity contribution in [1.82, 2.24) is 9.62 Å². The molecule has 1 amide bonds. The summed E-state index contributed by atoms with van der Waals surface area (Å²) in [5, 5.41) is 2.59. The Morgan fingerprint density at radius 3 is 2.85 bits per heavy atom. The van der Waals surface area contributed by atoms with E-state index in [2.05, 4.69) is 5.32 Å². The van der Waals surface area contributed by atoms with Crippen LogP contribution in [0.5, 0.6) is 0 Å². The Bertz CT molecular complexity index is 643. The maximum absolute atomic E-state index is 12.3. The number of rotatable bonds is 4. The van der Waals surface area contributed by atoms with E-state index in [1.165, 1.54) is 4.31 Å². The van der Waals surface area contributed by atoms with Crippen LogP contribution in [0.3, 0.4) is 0 Å². The van der Waals surface area contributed by atoms with Crippen molar-refractivity contribution in [2.24, 2.45) is 5.73 Å². The molecule has 0 spiro atoms. The van der Waals surface area contributed by atoms with E-state index < -0.39 is 10.0 Å². The lowest BCUT2D eigenvalue weighted by atomic mass is 10.1. The van der Waals surface area contributed by atoms with Crippen molar-refractivity contribution < 1.29 is 13.2 Å². The first-order valence-electron chi connectivity index (χ1n) is 6.02. The van der Waals surface area contributed by atoms with Crippen molar-refractivity contribution in [2.45, 2.75) is 5.75 Å². The normalized spacial score (nSPS) is 16.7. The van der Waals surface area contributed by atoms with Crippen molar-refractivity contribution in [3.8, 4) is 0 Å². The summed E-state index contributed by atoms with van der Waals surface area (Å²) >= 11 is 4.87. The van der Waals surface area contributed by atoms with E-state index in [-0.39, 0.29) is 23.2 Å². The van der Waals surface area contributed by atoms with E-state index in [1.807, 2.05) is 0 Å². The van der Waals surface area contributed by atoms with E-state index in [0.717, 1.165) is 0 Å². The standard InChI is InChI=1S/C12H15N3O3S2/c13-12(19)10-3-1-2-9(6-10)8-20(17,18)15-5-4-14-11(16)7-15/h1-3,6H,4-5,7-8H2,(H2,13,19)(H,14,16). The van der Waals surface area contributed by atoms with Crippen LogP contribution in [0.15, 0.2) is 24.3 Å². The average Bonchev–Trinajstić information content (AvgIpc) is 2.38. The molecule has 0 aliphatic carbocycles. The van der Waals surface area contributed by atoms with Crippen LogP contribution in [0.2, 0.25) is 0 Å². The van der Waals surface area contributed by atoms with E-state index in [4.69, 9.17) is 18.0 Å². The molecule has 0 bridgehead atoms.